The second-order valence-corrected chi connectivity index (χ2v) is 3.96. The minimum absolute atomic E-state index is 0.0551. The number of imide groups is 1. The van der Waals surface area contributed by atoms with Gasteiger partial charge in [0.2, 0.25) is 5.91 Å². The third kappa shape index (κ3) is 4.78. The number of amides is 4. The molecular formula is C11H15N3O5. The molecular weight excluding hydrogens is 254 g/mol. The topological polar surface area (TPSA) is 107 Å². The average molecular weight is 269 g/mol. The van der Waals surface area contributed by atoms with Crippen LogP contribution in [0.1, 0.15) is 6.92 Å². The number of carbonyl (C=O) groups is 4. The summed E-state index contributed by atoms with van der Waals surface area (Å²) in [6, 6.07) is -0.594. The first-order chi connectivity index (χ1) is 8.90. The summed E-state index contributed by atoms with van der Waals surface area (Å²) in [7, 11) is 0. The van der Waals surface area contributed by atoms with Crippen LogP contribution in [-0.4, -0.2) is 64.9 Å². The number of hydrogen-bond acceptors (Lipinski definition) is 4. The summed E-state index contributed by atoms with van der Waals surface area (Å²) in [6.45, 7) is 2.96. The Morgan fingerprint density at radius 1 is 1.00 bits per heavy atom. The van der Waals surface area contributed by atoms with Crippen LogP contribution < -0.4 is 5.32 Å². The maximum absolute atomic E-state index is 11.6. The molecule has 0 radical (unpaired) electrons. The minimum atomic E-state index is -1.27. The third-order valence-electron chi connectivity index (χ3n) is 2.62. The third-order valence-corrected chi connectivity index (χ3v) is 2.62. The van der Waals surface area contributed by atoms with Gasteiger partial charge in [0, 0.05) is 45.3 Å². The van der Waals surface area contributed by atoms with E-state index in [1.165, 1.54) is 11.8 Å². The number of nitrogens with one attached hydrogen (secondary N) is 1. The van der Waals surface area contributed by atoms with Gasteiger partial charge in [0.25, 0.3) is 5.91 Å². The van der Waals surface area contributed by atoms with Gasteiger partial charge in [-0.2, -0.15) is 0 Å². The monoisotopic (exact) mass is 269 g/mol. The number of carboxylic acid groups (broad SMARTS) is 1. The van der Waals surface area contributed by atoms with Crippen LogP contribution in [0.3, 0.4) is 0 Å². The van der Waals surface area contributed by atoms with Crippen molar-refractivity contribution in [1.82, 2.24) is 15.1 Å². The molecule has 2 N–H and O–H groups in total. The van der Waals surface area contributed by atoms with Crippen LogP contribution in [0, 0.1) is 0 Å². The normalized spacial score (nSPS) is 15.4. The summed E-state index contributed by atoms with van der Waals surface area (Å²) < 4.78 is 0. The second-order valence-electron chi connectivity index (χ2n) is 3.96. The van der Waals surface area contributed by atoms with Crippen molar-refractivity contribution in [2.24, 2.45) is 0 Å². The molecule has 0 atom stereocenters. The Balaban J connectivity index is 2.41. The Morgan fingerprint density at radius 2 is 1.53 bits per heavy atom. The number of aliphatic carboxylic acids is 1. The molecule has 8 heteroatoms. The Bertz CT molecular complexity index is 424. The van der Waals surface area contributed by atoms with Gasteiger partial charge in [-0.05, 0) is 0 Å². The first kappa shape index (κ1) is 14.7. The lowest BCUT2D eigenvalue weighted by Gasteiger charge is -2.33. The molecule has 1 aliphatic rings. The zero-order valence-corrected chi connectivity index (χ0v) is 10.5. The Kier molecular flexibility index (Phi) is 5.04. The summed E-state index contributed by atoms with van der Waals surface area (Å²) >= 11 is 0. The molecule has 1 fully saturated rings. The van der Waals surface area contributed by atoms with Gasteiger partial charge in [0.1, 0.15) is 0 Å². The molecule has 0 bridgehead atoms. The number of nitrogens with zero attached hydrogens (tertiary/aromatic N) is 2. The van der Waals surface area contributed by atoms with E-state index in [2.05, 4.69) is 0 Å². The molecule has 0 aromatic rings. The van der Waals surface area contributed by atoms with Crippen molar-refractivity contribution in [3.05, 3.63) is 12.2 Å². The first-order valence-electron chi connectivity index (χ1n) is 5.66. The van der Waals surface area contributed by atoms with Crippen LogP contribution in [0.25, 0.3) is 0 Å². The zero-order chi connectivity index (χ0) is 14.4. The van der Waals surface area contributed by atoms with Crippen molar-refractivity contribution in [2.45, 2.75) is 6.92 Å². The maximum atomic E-state index is 11.6. The van der Waals surface area contributed by atoms with E-state index in [0.29, 0.717) is 32.3 Å². The molecule has 104 valence electrons. The lowest BCUT2D eigenvalue weighted by Crippen LogP contribution is -2.53. The highest BCUT2D eigenvalue weighted by molar-refractivity contribution is 6.02. The Morgan fingerprint density at radius 3 is 2.00 bits per heavy atom. The lowest BCUT2D eigenvalue weighted by atomic mass is 10.3. The maximum Gasteiger partial charge on any atom is 0.328 e. The van der Waals surface area contributed by atoms with Crippen LogP contribution in [-0.2, 0) is 14.4 Å². The standard InChI is InChI=1S/C11H15N3O5/c1-8(15)13-4-6-14(7-5-13)11(19)12-9(16)2-3-10(17)18/h2-3H,4-7H2,1H3,(H,17,18)(H,12,16,19)/b3-2+. The number of hydrogen-bond donors (Lipinski definition) is 2. The predicted molar refractivity (Wildman–Crippen MR) is 64.1 cm³/mol. The van der Waals surface area contributed by atoms with E-state index in [1.54, 1.807) is 4.90 Å². The van der Waals surface area contributed by atoms with Crippen LogP contribution in [0.2, 0.25) is 0 Å². The van der Waals surface area contributed by atoms with Gasteiger partial charge in [-0.15, -0.1) is 0 Å². The fraction of sp³-hybridized carbons (Fsp3) is 0.455. The fourth-order valence-electron chi connectivity index (χ4n) is 1.60. The van der Waals surface area contributed by atoms with Crippen LogP contribution in [0.5, 0.6) is 0 Å². The Labute approximate surface area is 109 Å². The lowest BCUT2D eigenvalue weighted by molar-refractivity contribution is -0.132. The summed E-state index contributed by atoms with van der Waals surface area (Å²) in [6.07, 6.45) is 1.42. The number of carboxylic acids is 1. The van der Waals surface area contributed by atoms with Crippen LogP contribution >= 0.6 is 0 Å². The molecule has 1 saturated heterocycles. The SMILES string of the molecule is CC(=O)N1CCN(C(=O)NC(=O)/C=C/C(=O)O)CC1. The summed E-state index contributed by atoms with van der Waals surface area (Å²) in [5.41, 5.74) is 0. The predicted octanol–water partition coefficient (Wildman–Crippen LogP) is -0.972. The van der Waals surface area contributed by atoms with Gasteiger partial charge >= 0.3 is 12.0 Å². The first-order valence-corrected chi connectivity index (χ1v) is 5.66. The van der Waals surface area contributed by atoms with E-state index in [9.17, 15) is 19.2 Å². The van der Waals surface area contributed by atoms with E-state index in [1.807, 2.05) is 5.32 Å². The van der Waals surface area contributed by atoms with E-state index in [4.69, 9.17) is 5.11 Å². The van der Waals surface area contributed by atoms with Crippen molar-refractivity contribution in [3.63, 3.8) is 0 Å². The van der Waals surface area contributed by atoms with Crippen LogP contribution in [0.4, 0.5) is 4.79 Å². The molecule has 8 nitrogen and oxygen atoms in total. The molecule has 1 rings (SSSR count). The van der Waals surface area contributed by atoms with Gasteiger partial charge in [-0.1, -0.05) is 0 Å². The number of urea groups is 1. The molecule has 1 heterocycles. The van der Waals surface area contributed by atoms with Gasteiger partial charge in [0.15, 0.2) is 0 Å². The summed E-state index contributed by atoms with van der Waals surface area (Å²) in [5.74, 6) is -2.11. The fourth-order valence-corrected chi connectivity index (χ4v) is 1.60. The molecule has 0 saturated carbocycles. The van der Waals surface area contributed by atoms with Crippen molar-refractivity contribution < 1.29 is 24.3 Å². The van der Waals surface area contributed by atoms with Gasteiger partial charge in [-0.3, -0.25) is 14.9 Å². The number of carbonyl (C=O) groups excluding carboxylic acids is 3. The van der Waals surface area contributed by atoms with Gasteiger partial charge < -0.3 is 14.9 Å². The molecule has 0 spiro atoms. The molecule has 19 heavy (non-hydrogen) atoms. The minimum Gasteiger partial charge on any atom is -0.478 e. The highest BCUT2D eigenvalue weighted by atomic mass is 16.4. The second kappa shape index (κ2) is 6.53. The highest BCUT2D eigenvalue weighted by Crippen LogP contribution is 2.02. The largest absolute Gasteiger partial charge is 0.478 e. The van der Waals surface area contributed by atoms with Crippen molar-refractivity contribution in [1.29, 1.82) is 0 Å². The van der Waals surface area contributed by atoms with Gasteiger partial charge in [-0.25, -0.2) is 9.59 Å². The van der Waals surface area contributed by atoms with Crippen molar-refractivity contribution >= 4 is 23.8 Å². The molecule has 0 aliphatic carbocycles. The van der Waals surface area contributed by atoms with E-state index >= 15 is 0 Å². The summed E-state index contributed by atoms with van der Waals surface area (Å²) in [5, 5.41) is 10.4. The number of piperazine rings is 1. The van der Waals surface area contributed by atoms with Gasteiger partial charge in [0.05, 0.1) is 0 Å². The molecule has 0 aromatic carbocycles. The van der Waals surface area contributed by atoms with Crippen molar-refractivity contribution in [2.75, 3.05) is 26.2 Å². The molecule has 0 aromatic heterocycles. The van der Waals surface area contributed by atoms with E-state index in [0.717, 1.165) is 6.08 Å². The van der Waals surface area contributed by atoms with E-state index in [-0.39, 0.29) is 5.91 Å². The molecule has 1 aliphatic heterocycles. The molecule has 0 unspecified atom stereocenters. The Hall–Kier alpha value is -2.38. The van der Waals surface area contributed by atoms with Crippen molar-refractivity contribution in [3.8, 4) is 0 Å². The molecule has 4 amide bonds. The van der Waals surface area contributed by atoms with Crippen LogP contribution in [0.15, 0.2) is 12.2 Å². The summed E-state index contributed by atoms with van der Waals surface area (Å²) in [4.78, 5) is 47.1. The highest BCUT2D eigenvalue weighted by Gasteiger charge is 2.22. The zero-order valence-electron chi connectivity index (χ0n) is 10.5. The number of rotatable bonds is 2. The van der Waals surface area contributed by atoms with E-state index < -0.39 is 17.9 Å². The smallest absolute Gasteiger partial charge is 0.328 e. The average Bonchev–Trinajstić information content (AvgIpc) is 2.36. The quantitative estimate of drug-likeness (QED) is 0.627.